The van der Waals surface area contributed by atoms with Crippen molar-refractivity contribution in [3.8, 4) is 5.75 Å². The molecule has 14 heavy (non-hydrogen) atoms. The summed E-state index contributed by atoms with van der Waals surface area (Å²) in [7, 11) is 1.57. The van der Waals surface area contributed by atoms with Crippen LogP contribution in [-0.4, -0.2) is 18.0 Å². The smallest absolute Gasteiger partial charge is 0.224 e. The monoisotopic (exact) mass is 194 g/mol. The first-order valence-corrected chi connectivity index (χ1v) is 4.48. The number of aromatic nitrogens is 1. The molecule has 4 nitrogen and oxygen atoms in total. The van der Waals surface area contributed by atoms with E-state index >= 15 is 0 Å². The molecule has 1 aromatic heterocycles. The number of ether oxygens (including phenoxy) is 1. The summed E-state index contributed by atoms with van der Waals surface area (Å²) in [6.45, 7) is 3.63. The highest BCUT2D eigenvalue weighted by molar-refractivity contribution is 5.92. The zero-order valence-corrected chi connectivity index (χ0v) is 8.63. The minimum Gasteiger partial charge on any atom is -0.494 e. The van der Waals surface area contributed by atoms with E-state index in [0.29, 0.717) is 17.9 Å². The van der Waals surface area contributed by atoms with Gasteiger partial charge in [0.2, 0.25) is 5.91 Å². The van der Waals surface area contributed by atoms with Crippen LogP contribution >= 0.6 is 0 Å². The van der Waals surface area contributed by atoms with Crippen molar-refractivity contribution in [1.29, 1.82) is 0 Å². The highest BCUT2D eigenvalue weighted by atomic mass is 16.5. The van der Waals surface area contributed by atoms with Crippen LogP contribution in [0.3, 0.4) is 0 Å². The summed E-state index contributed by atoms with van der Waals surface area (Å²) in [6, 6.07) is 1.72. The fourth-order valence-electron chi connectivity index (χ4n) is 1.09. The normalized spacial score (nSPS) is 9.64. The lowest BCUT2D eigenvalue weighted by Gasteiger charge is -2.10. The molecule has 0 aliphatic carbocycles. The molecule has 1 N–H and O–H groups in total. The average Bonchev–Trinajstić information content (AvgIpc) is 2.20. The largest absolute Gasteiger partial charge is 0.494 e. The summed E-state index contributed by atoms with van der Waals surface area (Å²) in [5.41, 5.74) is 1.41. The Kier molecular flexibility index (Phi) is 3.45. The topological polar surface area (TPSA) is 51.2 Å². The summed E-state index contributed by atoms with van der Waals surface area (Å²) < 4.78 is 5.12. The van der Waals surface area contributed by atoms with Crippen molar-refractivity contribution >= 4 is 11.6 Å². The summed E-state index contributed by atoms with van der Waals surface area (Å²) >= 11 is 0. The van der Waals surface area contributed by atoms with Gasteiger partial charge in [0.05, 0.1) is 12.8 Å². The Morgan fingerprint density at radius 1 is 1.64 bits per heavy atom. The fourth-order valence-corrected chi connectivity index (χ4v) is 1.09. The second-order valence-electron chi connectivity index (χ2n) is 2.88. The highest BCUT2D eigenvalue weighted by Crippen LogP contribution is 2.25. The third kappa shape index (κ3) is 2.22. The van der Waals surface area contributed by atoms with Crippen molar-refractivity contribution in [2.24, 2.45) is 0 Å². The van der Waals surface area contributed by atoms with E-state index in [1.165, 1.54) is 0 Å². The molecule has 0 radical (unpaired) electrons. The van der Waals surface area contributed by atoms with E-state index in [0.717, 1.165) is 5.69 Å². The molecule has 1 amide bonds. The van der Waals surface area contributed by atoms with Crippen LogP contribution in [-0.2, 0) is 4.79 Å². The van der Waals surface area contributed by atoms with Crippen LogP contribution in [0.2, 0.25) is 0 Å². The predicted octanol–water partition coefficient (Wildman–Crippen LogP) is 1.75. The Labute approximate surface area is 83.3 Å². The number of anilines is 1. The zero-order chi connectivity index (χ0) is 10.6. The number of methoxy groups -OCH3 is 1. The van der Waals surface area contributed by atoms with E-state index in [2.05, 4.69) is 10.3 Å². The molecular weight excluding hydrogens is 180 g/mol. The van der Waals surface area contributed by atoms with Crippen molar-refractivity contribution in [2.75, 3.05) is 12.4 Å². The maximum atomic E-state index is 11.2. The van der Waals surface area contributed by atoms with Crippen LogP contribution in [0.15, 0.2) is 12.3 Å². The standard InChI is InChI=1S/C10H14N2O2/c1-4-9(13)12-10-7(2)11-6-5-8(10)14-3/h5-6H,4H2,1-3H3,(H,12,13). The molecule has 0 saturated heterocycles. The minimum absolute atomic E-state index is 0.0422. The Morgan fingerprint density at radius 2 is 2.36 bits per heavy atom. The molecule has 0 unspecified atom stereocenters. The number of amides is 1. The first-order chi connectivity index (χ1) is 6.69. The van der Waals surface area contributed by atoms with Crippen molar-refractivity contribution in [3.63, 3.8) is 0 Å². The molecule has 0 fully saturated rings. The second-order valence-corrected chi connectivity index (χ2v) is 2.88. The van der Waals surface area contributed by atoms with Crippen LogP contribution < -0.4 is 10.1 Å². The van der Waals surface area contributed by atoms with Gasteiger partial charge in [0.1, 0.15) is 11.4 Å². The van der Waals surface area contributed by atoms with Crippen LogP contribution in [0.1, 0.15) is 19.0 Å². The third-order valence-electron chi connectivity index (χ3n) is 1.91. The van der Waals surface area contributed by atoms with Gasteiger partial charge < -0.3 is 10.1 Å². The summed E-state index contributed by atoms with van der Waals surface area (Å²) in [6.07, 6.45) is 2.09. The number of hydrogen-bond acceptors (Lipinski definition) is 3. The second kappa shape index (κ2) is 4.60. The number of carbonyl (C=O) groups is 1. The van der Waals surface area contributed by atoms with Gasteiger partial charge in [-0.05, 0) is 6.92 Å². The highest BCUT2D eigenvalue weighted by Gasteiger charge is 2.08. The maximum absolute atomic E-state index is 11.2. The Hall–Kier alpha value is -1.58. The summed E-state index contributed by atoms with van der Waals surface area (Å²) in [4.78, 5) is 15.3. The van der Waals surface area contributed by atoms with Gasteiger partial charge in [-0.3, -0.25) is 9.78 Å². The molecular formula is C10H14N2O2. The van der Waals surface area contributed by atoms with E-state index in [4.69, 9.17) is 4.74 Å². The molecule has 0 aliphatic rings. The Balaban J connectivity index is 2.98. The first kappa shape index (κ1) is 10.5. The van der Waals surface area contributed by atoms with E-state index in [-0.39, 0.29) is 5.91 Å². The quantitative estimate of drug-likeness (QED) is 0.797. The molecule has 1 rings (SSSR count). The van der Waals surface area contributed by atoms with E-state index < -0.39 is 0 Å². The lowest BCUT2D eigenvalue weighted by atomic mass is 10.3. The zero-order valence-electron chi connectivity index (χ0n) is 8.63. The number of hydrogen-bond donors (Lipinski definition) is 1. The fraction of sp³-hybridized carbons (Fsp3) is 0.400. The van der Waals surface area contributed by atoms with Crippen molar-refractivity contribution in [3.05, 3.63) is 18.0 Å². The van der Waals surface area contributed by atoms with Gasteiger partial charge in [0, 0.05) is 18.7 Å². The number of nitrogens with zero attached hydrogens (tertiary/aromatic N) is 1. The summed E-state index contributed by atoms with van der Waals surface area (Å²) in [5.74, 6) is 0.596. The van der Waals surface area contributed by atoms with Gasteiger partial charge in [-0.25, -0.2) is 0 Å². The molecule has 0 aliphatic heterocycles. The van der Waals surface area contributed by atoms with Gasteiger partial charge in [-0.1, -0.05) is 6.92 Å². The van der Waals surface area contributed by atoms with Crippen molar-refractivity contribution in [1.82, 2.24) is 4.98 Å². The van der Waals surface area contributed by atoms with Gasteiger partial charge in [0.15, 0.2) is 0 Å². The van der Waals surface area contributed by atoms with E-state index in [1.807, 2.05) is 6.92 Å². The lowest BCUT2D eigenvalue weighted by Crippen LogP contribution is -2.12. The molecule has 4 heteroatoms. The number of rotatable bonds is 3. The van der Waals surface area contributed by atoms with Crippen molar-refractivity contribution in [2.45, 2.75) is 20.3 Å². The first-order valence-electron chi connectivity index (χ1n) is 4.48. The van der Waals surface area contributed by atoms with Crippen molar-refractivity contribution < 1.29 is 9.53 Å². The maximum Gasteiger partial charge on any atom is 0.224 e. The van der Waals surface area contributed by atoms with Crippen LogP contribution in [0.4, 0.5) is 5.69 Å². The number of carbonyl (C=O) groups excluding carboxylic acids is 1. The van der Waals surface area contributed by atoms with Crippen LogP contribution in [0.25, 0.3) is 0 Å². The molecule has 0 aromatic carbocycles. The predicted molar refractivity (Wildman–Crippen MR) is 54.4 cm³/mol. The Morgan fingerprint density at radius 3 is 2.93 bits per heavy atom. The number of pyridine rings is 1. The molecule has 76 valence electrons. The van der Waals surface area contributed by atoms with E-state index in [1.54, 1.807) is 26.3 Å². The Bertz CT molecular complexity index is 337. The third-order valence-corrected chi connectivity index (χ3v) is 1.91. The molecule has 0 saturated carbocycles. The SMILES string of the molecule is CCC(=O)Nc1c(OC)ccnc1C. The van der Waals surface area contributed by atoms with Crippen LogP contribution in [0, 0.1) is 6.92 Å². The molecule has 0 atom stereocenters. The molecule has 1 aromatic rings. The number of aryl methyl sites for hydroxylation is 1. The van der Waals surface area contributed by atoms with E-state index in [9.17, 15) is 4.79 Å². The molecule has 0 spiro atoms. The lowest BCUT2D eigenvalue weighted by molar-refractivity contribution is -0.115. The van der Waals surface area contributed by atoms with Crippen LogP contribution in [0.5, 0.6) is 5.75 Å². The minimum atomic E-state index is -0.0422. The van der Waals surface area contributed by atoms with Gasteiger partial charge in [-0.15, -0.1) is 0 Å². The van der Waals surface area contributed by atoms with Gasteiger partial charge in [-0.2, -0.15) is 0 Å². The van der Waals surface area contributed by atoms with Gasteiger partial charge in [0.25, 0.3) is 0 Å². The average molecular weight is 194 g/mol. The van der Waals surface area contributed by atoms with Gasteiger partial charge >= 0.3 is 0 Å². The molecule has 1 heterocycles. The summed E-state index contributed by atoms with van der Waals surface area (Å²) in [5, 5.41) is 2.75. The number of nitrogens with one attached hydrogen (secondary N) is 1. The molecule has 0 bridgehead atoms.